The zero-order valence-electron chi connectivity index (χ0n) is 17.2. The van der Waals surface area contributed by atoms with Crippen LogP contribution in [-0.4, -0.2) is 31.3 Å². The number of nitrogens with one attached hydrogen (secondary N) is 2. The number of aryl methyl sites for hydroxylation is 3. The van der Waals surface area contributed by atoms with Crippen molar-refractivity contribution in [2.45, 2.75) is 39.2 Å². The highest BCUT2D eigenvalue weighted by Gasteiger charge is 2.21. The smallest absolute Gasteiger partial charge is 0.288 e. The average molecular weight is 414 g/mol. The van der Waals surface area contributed by atoms with Crippen LogP contribution in [0.4, 0.5) is 0 Å². The van der Waals surface area contributed by atoms with Gasteiger partial charge >= 0.3 is 0 Å². The second-order valence-corrected chi connectivity index (χ2v) is 7.77. The maximum absolute atomic E-state index is 12.9. The molecule has 2 N–H and O–H groups in total. The number of benzene rings is 1. The maximum atomic E-state index is 12.9. The van der Waals surface area contributed by atoms with Crippen molar-refractivity contribution in [2.75, 3.05) is 0 Å². The summed E-state index contributed by atoms with van der Waals surface area (Å²) in [4.78, 5) is 39.1. The molecule has 8 heteroatoms. The molecular formula is C23H22N6O2. The Balaban J connectivity index is 1.39. The molecule has 0 saturated carbocycles. The van der Waals surface area contributed by atoms with Crippen molar-refractivity contribution in [2.24, 2.45) is 0 Å². The normalized spacial score (nSPS) is 13.6. The minimum atomic E-state index is -0.484. The third-order valence-corrected chi connectivity index (χ3v) is 5.56. The summed E-state index contributed by atoms with van der Waals surface area (Å²) in [6, 6.07) is 12.7. The van der Waals surface area contributed by atoms with E-state index >= 15 is 0 Å². The largest absolute Gasteiger partial charge is 0.313 e. The van der Waals surface area contributed by atoms with E-state index in [1.165, 1.54) is 6.42 Å². The molecule has 0 unspecified atom stereocenters. The van der Waals surface area contributed by atoms with Crippen LogP contribution < -0.4 is 10.9 Å². The fourth-order valence-corrected chi connectivity index (χ4v) is 4.03. The lowest BCUT2D eigenvalue weighted by atomic mass is 10.2. The van der Waals surface area contributed by atoms with Crippen molar-refractivity contribution in [3.8, 4) is 0 Å². The first-order chi connectivity index (χ1) is 15.1. The van der Waals surface area contributed by atoms with E-state index in [9.17, 15) is 9.59 Å². The van der Waals surface area contributed by atoms with Gasteiger partial charge < -0.3 is 4.57 Å². The first-order valence-electron chi connectivity index (χ1n) is 10.4. The van der Waals surface area contributed by atoms with Crippen molar-refractivity contribution in [1.29, 1.82) is 0 Å². The lowest BCUT2D eigenvalue weighted by Crippen LogP contribution is -2.42. The Morgan fingerprint density at radius 3 is 2.68 bits per heavy atom. The third kappa shape index (κ3) is 3.61. The summed E-state index contributed by atoms with van der Waals surface area (Å²) in [6.45, 7) is 2.71. The highest BCUT2D eigenvalue weighted by molar-refractivity contribution is 6.05. The van der Waals surface area contributed by atoms with E-state index in [-0.39, 0.29) is 5.69 Å². The van der Waals surface area contributed by atoms with Crippen LogP contribution in [0.2, 0.25) is 0 Å². The third-order valence-electron chi connectivity index (χ3n) is 5.56. The molecule has 0 radical (unpaired) electrons. The minimum absolute atomic E-state index is 0.226. The van der Waals surface area contributed by atoms with Crippen LogP contribution in [-0.2, 0) is 13.0 Å². The number of carbonyl (C=O) groups is 2. The van der Waals surface area contributed by atoms with Gasteiger partial charge in [-0.05, 0) is 38.0 Å². The van der Waals surface area contributed by atoms with Crippen LogP contribution in [0.15, 0.2) is 42.5 Å². The Morgan fingerprint density at radius 1 is 0.935 bits per heavy atom. The molecule has 156 valence electrons. The van der Waals surface area contributed by atoms with Crippen LogP contribution >= 0.6 is 0 Å². The van der Waals surface area contributed by atoms with Crippen molar-refractivity contribution in [3.63, 3.8) is 0 Å². The Hall–Kier alpha value is -3.81. The van der Waals surface area contributed by atoms with Crippen molar-refractivity contribution < 1.29 is 9.59 Å². The SMILES string of the molecule is Cc1cc(C(=O)NNC(=O)c2ccc3ccccc3n2)c2nc3n(c2n1)CCCCC3. The van der Waals surface area contributed by atoms with Gasteiger partial charge in [0.25, 0.3) is 11.8 Å². The molecule has 1 aliphatic heterocycles. The zero-order chi connectivity index (χ0) is 21.4. The van der Waals surface area contributed by atoms with Gasteiger partial charge in [0.15, 0.2) is 5.65 Å². The predicted molar refractivity (Wildman–Crippen MR) is 116 cm³/mol. The van der Waals surface area contributed by atoms with E-state index in [1.54, 1.807) is 12.1 Å². The summed E-state index contributed by atoms with van der Waals surface area (Å²) in [5.41, 5.74) is 8.33. The second-order valence-electron chi connectivity index (χ2n) is 7.77. The summed E-state index contributed by atoms with van der Waals surface area (Å²) in [5, 5.41) is 0.942. The molecular weight excluding hydrogens is 392 g/mol. The zero-order valence-corrected chi connectivity index (χ0v) is 17.2. The molecule has 2 amide bonds. The van der Waals surface area contributed by atoms with Gasteiger partial charge in [0.2, 0.25) is 0 Å². The van der Waals surface area contributed by atoms with Crippen molar-refractivity contribution in [3.05, 3.63) is 65.2 Å². The maximum Gasteiger partial charge on any atom is 0.288 e. The molecule has 0 saturated heterocycles. The number of amides is 2. The topological polar surface area (TPSA) is 102 Å². The Labute approximate surface area is 178 Å². The summed E-state index contributed by atoms with van der Waals surface area (Å²) >= 11 is 0. The number of rotatable bonds is 2. The van der Waals surface area contributed by atoms with Crippen LogP contribution in [0.3, 0.4) is 0 Å². The average Bonchev–Trinajstić information content (AvgIpc) is 2.96. The molecule has 0 fully saturated rings. The number of pyridine rings is 2. The van der Waals surface area contributed by atoms with Gasteiger partial charge in [-0.3, -0.25) is 20.4 Å². The number of hydrazine groups is 1. The Morgan fingerprint density at radius 2 is 1.77 bits per heavy atom. The van der Waals surface area contributed by atoms with E-state index in [0.717, 1.165) is 48.4 Å². The molecule has 4 heterocycles. The monoisotopic (exact) mass is 414 g/mol. The van der Waals surface area contributed by atoms with Crippen LogP contribution in [0, 0.1) is 6.92 Å². The fraction of sp³-hybridized carbons (Fsp3) is 0.261. The summed E-state index contributed by atoms with van der Waals surface area (Å²) in [7, 11) is 0. The van der Waals surface area contributed by atoms with Gasteiger partial charge in [0, 0.05) is 24.0 Å². The standard InChI is InChI=1S/C23H22N6O2/c1-14-13-16(20-21(24-14)29-12-6-2-3-9-19(29)26-20)22(30)27-28-23(31)18-11-10-15-7-4-5-8-17(15)25-18/h4-5,7-8,10-11,13H,2-3,6,9,12H2,1H3,(H,27,30)(H,28,31). The lowest BCUT2D eigenvalue weighted by Gasteiger charge is -2.09. The number of aromatic nitrogens is 4. The van der Waals surface area contributed by atoms with Gasteiger partial charge in [0.1, 0.15) is 17.0 Å². The van der Waals surface area contributed by atoms with Gasteiger partial charge in [-0.15, -0.1) is 0 Å². The number of nitrogens with zero attached hydrogens (tertiary/aromatic N) is 4. The van der Waals surface area contributed by atoms with Crippen LogP contribution in [0.1, 0.15) is 51.6 Å². The number of fused-ring (bicyclic) bond motifs is 4. The van der Waals surface area contributed by atoms with E-state index < -0.39 is 11.8 Å². The first kappa shape index (κ1) is 19.2. The molecule has 5 rings (SSSR count). The van der Waals surface area contributed by atoms with Crippen LogP contribution in [0.5, 0.6) is 0 Å². The van der Waals surface area contributed by atoms with Crippen molar-refractivity contribution in [1.82, 2.24) is 30.4 Å². The molecule has 0 bridgehead atoms. The van der Waals surface area contributed by atoms with Gasteiger partial charge in [-0.2, -0.15) is 0 Å². The highest BCUT2D eigenvalue weighted by atomic mass is 16.2. The Kier molecular flexibility index (Phi) is 4.82. The fourth-order valence-electron chi connectivity index (χ4n) is 4.03. The molecule has 3 aromatic heterocycles. The summed E-state index contributed by atoms with van der Waals surface area (Å²) in [6.07, 6.45) is 4.20. The van der Waals surface area contributed by atoms with Gasteiger partial charge in [-0.1, -0.05) is 30.7 Å². The van der Waals surface area contributed by atoms with Gasteiger partial charge in [0.05, 0.1) is 11.1 Å². The predicted octanol–water partition coefficient (Wildman–Crippen LogP) is 3.09. The molecule has 0 aliphatic carbocycles. The molecule has 8 nitrogen and oxygen atoms in total. The van der Waals surface area contributed by atoms with Crippen molar-refractivity contribution >= 4 is 33.9 Å². The first-order valence-corrected chi connectivity index (χ1v) is 10.4. The Bertz CT molecular complexity index is 1330. The molecule has 0 atom stereocenters. The van der Waals surface area contributed by atoms with E-state index in [2.05, 4.69) is 25.4 Å². The van der Waals surface area contributed by atoms with Gasteiger partial charge in [-0.25, -0.2) is 15.0 Å². The van der Waals surface area contributed by atoms with E-state index in [4.69, 9.17) is 4.98 Å². The number of carbonyl (C=O) groups excluding carboxylic acids is 2. The molecule has 0 spiro atoms. The number of para-hydroxylation sites is 1. The lowest BCUT2D eigenvalue weighted by molar-refractivity contribution is 0.0845. The minimum Gasteiger partial charge on any atom is -0.313 e. The number of imidazole rings is 1. The highest BCUT2D eigenvalue weighted by Crippen LogP contribution is 2.24. The number of hydrogen-bond acceptors (Lipinski definition) is 5. The molecule has 4 aromatic rings. The van der Waals surface area contributed by atoms with E-state index in [1.807, 2.05) is 37.3 Å². The molecule has 31 heavy (non-hydrogen) atoms. The number of hydrogen-bond donors (Lipinski definition) is 2. The summed E-state index contributed by atoms with van der Waals surface area (Å²) < 4.78 is 2.11. The quantitative estimate of drug-likeness (QED) is 0.491. The van der Waals surface area contributed by atoms with Crippen LogP contribution in [0.25, 0.3) is 22.1 Å². The summed E-state index contributed by atoms with van der Waals surface area (Å²) in [5.74, 6) is 0.0451. The second kappa shape index (κ2) is 7.79. The van der Waals surface area contributed by atoms with E-state index in [0.29, 0.717) is 16.6 Å². The molecule has 1 aromatic carbocycles. The molecule has 1 aliphatic rings.